The van der Waals surface area contributed by atoms with Crippen LogP contribution in [0.3, 0.4) is 0 Å². The first kappa shape index (κ1) is 57.3. The average molecular weight is 1200 g/mol. The number of aliphatic hydroxyl groups is 2. The summed E-state index contributed by atoms with van der Waals surface area (Å²) < 4.78 is 10.5. The van der Waals surface area contributed by atoms with E-state index in [9.17, 15) is 33.9 Å². The molecule has 0 spiro atoms. The number of carbonyl (C=O) groups is 6. The zero-order valence-electron chi connectivity index (χ0n) is 43.2. The minimum atomic E-state index is -1.27. The van der Waals surface area contributed by atoms with E-state index in [1.165, 1.54) is 70.8 Å². The third-order valence-electron chi connectivity index (χ3n) is 12.0. The lowest BCUT2D eigenvalue weighted by atomic mass is 10.0. The summed E-state index contributed by atoms with van der Waals surface area (Å²) in [5, 5.41) is 46.7. The summed E-state index contributed by atoms with van der Waals surface area (Å²) in [5.41, 5.74) is 2.68. The maximum absolute atomic E-state index is 14.2. The Morgan fingerprint density at radius 3 is 2.21 bits per heavy atom. The molecule has 8 N–H and O–H groups in total. The van der Waals surface area contributed by atoms with Gasteiger partial charge < -0.3 is 46.3 Å². The minimum Gasteiger partial charge on any atom is -0.449 e. The van der Waals surface area contributed by atoms with Crippen molar-refractivity contribution in [3.05, 3.63) is 111 Å². The Bertz CT molecular complexity index is 3550. The van der Waals surface area contributed by atoms with Crippen LogP contribution < -0.4 is 31.9 Å². The first-order chi connectivity index (χ1) is 38.6. The quantitative estimate of drug-likeness (QED) is 0.0559. The maximum atomic E-state index is 14.2. The lowest BCUT2D eigenvalue weighted by Gasteiger charge is -2.23. The first-order valence-corrected chi connectivity index (χ1v) is 29.7. The summed E-state index contributed by atoms with van der Waals surface area (Å²) in [6.45, 7) is 4.84. The molecule has 0 radical (unpaired) electrons. The van der Waals surface area contributed by atoms with Crippen LogP contribution in [0.4, 0.5) is 10.6 Å². The Balaban J connectivity index is 1.12. The lowest BCUT2D eigenvalue weighted by Crippen LogP contribution is -2.40. The Morgan fingerprint density at radius 2 is 1.45 bits per heavy atom. The second-order valence-corrected chi connectivity index (χ2v) is 23.8. The Hall–Kier alpha value is -7.35. The van der Waals surface area contributed by atoms with Crippen LogP contribution in [0.25, 0.3) is 43.4 Å². The summed E-state index contributed by atoms with van der Waals surface area (Å²) in [6.07, 6.45) is -1.95. The molecule has 0 saturated carbocycles. The molecule has 23 nitrogen and oxygen atoms in total. The predicted molar refractivity (Wildman–Crippen MR) is 304 cm³/mol. The van der Waals surface area contributed by atoms with E-state index in [0.29, 0.717) is 73.7 Å². The number of nitrogens with one attached hydrogen (secondary N) is 6. The fourth-order valence-electron chi connectivity index (χ4n) is 8.01. The Morgan fingerprint density at radius 1 is 0.725 bits per heavy atom. The van der Waals surface area contributed by atoms with Gasteiger partial charge in [0.05, 0.1) is 48.8 Å². The number of ether oxygens (including phenoxy) is 2. The number of methoxy groups -OCH3 is 1. The van der Waals surface area contributed by atoms with Crippen molar-refractivity contribution < 1.29 is 48.5 Å². The molecule has 0 saturated heterocycles. The lowest BCUT2D eigenvalue weighted by molar-refractivity contribution is -0.122. The highest BCUT2D eigenvalue weighted by molar-refractivity contribution is 7.15. The van der Waals surface area contributed by atoms with Crippen LogP contribution in [0.2, 0.25) is 0 Å². The topological polar surface area (TPSA) is 324 Å². The highest BCUT2D eigenvalue weighted by Gasteiger charge is 2.33. The van der Waals surface area contributed by atoms with Gasteiger partial charge in [-0.1, -0.05) is 44.2 Å². The number of anilines is 1. The monoisotopic (exact) mass is 1200 g/mol. The van der Waals surface area contributed by atoms with Crippen molar-refractivity contribution >= 4 is 109 Å². The van der Waals surface area contributed by atoms with Crippen molar-refractivity contribution in [3.8, 4) is 43.4 Å². The third kappa shape index (κ3) is 13.3. The number of aromatic nitrogens is 7. The van der Waals surface area contributed by atoms with E-state index in [-0.39, 0.29) is 61.5 Å². The van der Waals surface area contributed by atoms with Crippen molar-refractivity contribution in [2.75, 3.05) is 39.2 Å². The van der Waals surface area contributed by atoms with E-state index in [4.69, 9.17) is 34.5 Å². The number of benzene rings is 1. The normalized spacial score (nSPS) is 16.5. The number of rotatable bonds is 12. The highest BCUT2D eigenvalue weighted by atomic mass is 32.1. The van der Waals surface area contributed by atoms with Crippen molar-refractivity contribution in [3.63, 3.8) is 0 Å². The van der Waals surface area contributed by atoms with E-state index < -0.39 is 66.4 Å². The van der Waals surface area contributed by atoms with Crippen molar-refractivity contribution in [1.82, 2.24) is 61.5 Å². The molecule has 29 heteroatoms. The van der Waals surface area contributed by atoms with E-state index in [0.717, 1.165) is 11.3 Å². The summed E-state index contributed by atoms with van der Waals surface area (Å²) in [7, 11) is 2.94. The van der Waals surface area contributed by atoms with Gasteiger partial charge in [-0.3, -0.25) is 29.3 Å². The number of carbonyl (C=O) groups excluding carboxylic acids is 6. The molecular formula is C51H51N13O10S6. The van der Waals surface area contributed by atoms with Crippen molar-refractivity contribution in [1.29, 1.82) is 0 Å². The number of fused-ring (bicyclic) bond motifs is 14. The smallest absolute Gasteiger partial charge is 0.412 e. The van der Waals surface area contributed by atoms with Gasteiger partial charge in [0.1, 0.15) is 82.2 Å². The van der Waals surface area contributed by atoms with Crippen LogP contribution in [0.1, 0.15) is 113 Å². The van der Waals surface area contributed by atoms with Crippen LogP contribution in [0.15, 0.2) is 64.0 Å². The summed E-state index contributed by atoms with van der Waals surface area (Å²) in [5.74, 6) is -2.91. The predicted octanol–water partition coefficient (Wildman–Crippen LogP) is 7.24. The summed E-state index contributed by atoms with van der Waals surface area (Å²) >= 11 is 7.14. The van der Waals surface area contributed by atoms with E-state index >= 15 is 0 Å². The van der Waals surface area contributed by atoms with Crippen LogP contribution >= 0.6 is 68.0 Å². The van der Waals surface area contributed by atoms with Crippen molar-refractivity contribution in [2.45, 2.75) is 64.4 Å². The zero-order chi connectivity index (χ0) is 56.6. The molecule has 0 unspecified atom stereocenters. The number of pyridine rings is 1. The molecule has 10 bridgehead atoms. The fraction of sp³-hybridized carbons (Fsp3) is 0.314. The number of aryl methyl sites for hydroxylation is 1. The van der Waals surface area contributed by atoms with Gasteiger partial charge in [0, 0.05) is 59.1 Å². The maximum Gasteiger partial charge on any atom is 0.412 e. The number of aliphatic hydroxyl groups excluding tert-OH is 2. The van der Waals surface area contributed by atoms with E-state index in [1.54, 1.807) is 70.9 Å². The molecule has 9 rings (SSSR count). The van der Waals surface area contributed by atoms with Gasteiger partial charge in [-0.2, -0.15) is 0 Å². The molecule has 8 heterocycles. The van der Waals surface area contributed by atoms with Gasteiger partial charge in [0.15, 0.2) is 0 Å². The van der Waals surface area contributed by atoms with E-state index in [1.807, 2.05) is 13.8 Å². The van der Waals surface area contributed by atoms with Gasteiger partial charge in [0.2, 0.25) is 11.8 Å². The number of amides is 6. The molecule has 1 aliphatic rings. The second-order valence-electron chi connectivity index (χ2n) is 18.0. The Kier molecular flexibility index (Phi) is 18.5. The van der Waals surface area contributed by atoms with Crippen molar-refractivity contribution in [2.24, 2.45) is 5.92 Å². The highest BCUT2D eigenvalue weighted by Crippen LogP contribution is 2.40. The van der Waals surface area contributed by atoms with Gasteiger partial charge in [-0.05, 0) is 30.5 Å². The molecule has 0 aliphatic carbocycles. The fourth-order valence-corrected chi connectivity index (χ4v) is 13.5. The number of nitrogens with zero attached hydrogens (tertiary/aromatic N) is 7. The molecule has 1 aliphatic heterocycles. The van der Waals surface area contributed by atoms with Gasteiger partial charge in [0.25, 0.3) is 17.7 Å². The zero-order valence-corrected chi connectivity index (χ0v) is 48.1. The second kappa shape index (κ2) is 25.8. The van der Waals surface area contributed by atoms with Gasteiger partial charge >= 0.3 is 6.09 Å². The first-order valence-electron chi connectivity index (χ1n) is 24.6. The molecule has 0 fully saturated rings. The third-order valence-corrected chi connectivity index (χ3v) is 17.7. The number of hydrogen-bond acceptors (Lipinski definition) is 23. The van der Waals surface area contributed by atoms with Crippen LogP contribution in [-0.2, 0) is 25.7 Å². The molecule has 7 aromatic heterocycles. The van der Waals surface area contributed by atoms with Crippen LogP contribution in [-0.4, -0.2) is 115 Å². The molecule has 4 atom stereocenters. The summed E-state index contributed by atoms with van der Waals surface area (Å²) in [6, 6.07) is 9.46. The molecule has 8 aromatic rings. The molecular weight excluding hydrogens is 1150 g/mol. The van der Waals surface area contributed by atoms with Crippen LogP contribution in [0.5, 0.6) is 0 Å². The molecule has 416 valence electrons. The largest absolute Gasteiger partial charge is 0.449 e. The number of thiazole rings is 6. The standard InChI is InChI=1S/C51H51N13O10S6/c1-23(2)36-50-64-39(32(80-50)18-73-5)43(70)53-17-35(67)61-40(41(68)25-10-7-6-8-11-25)49-58-31(21-77-49)47-56-29(19-76-47)38-26(12-13-27(54-38)46-59-33(22-78-46)60-51(72)74-15-9-14-65)45-57-30(20-75-45)42(69)55-28(16-34(66)52-4)48-63-37(24(3)79-48)44(71)62-36/h6-8,10-13,19-23,28,36,40-41,65,68H,9,14-18H2,1-5H3,(H,52,66)(H,53,70)(H,55,69)(H,60,72)(H,61,67)(H,62,71)/t28-,36-,40-,41-/m0/s1. The summed E-state index contributed by atoms with van der Waals surface area (Å²) in [4.78, 5) is 116. The van der Waals surface area contributed by atoms with Crippen LogP contribution in [0, 0.1) is 12.8 Å². The van der Waals surface area contributed by atoms with E-state index in [2.05, 4.69) is 46.9 Å². The number of hydrogen-bond donors (Lipinski definition) is 8. The molecule has 80 heavy (non-hydrogen) atoms. The van der Waals surface area contributed by atoms with Gasteiger partial charge in [-0.25, -0.2) is 39.7 Å². The minimum absolute atomic E-state index is 0.00193. The SMILES string of the molecule is CNC(=O)C[C@@H]1NC(=O)c2csc(n2)-c2ccc(-c3nc(NC(=O)OCCCO)cs3)nc2-c2csc(n2)-c2csc(n2)[C@H]([C@@H](O)c2ccccc2)NC(=O)CNC(=O)c2nc(sc2COC)[C@H](C(C)C)NC(=O)c2nc1sc2C. The molecule has 1 aromatic carbocycles. The Labute approximate surface area is 480 Å². The average Bonchev–Trinajstić information content (AvgIpc) is 4.37. The molecule has 6 amide bonds. The van der Waals surface area contributed by atoms with Gasteiger partial charge in [-0.15, -0.1) is 68.0 Å².